The van der Waals surface area contributed by atoms with Gasteiger partial charge in [-0.1, -0.05) is 11.8 Å². The van der Waals surface area contributed by atoms with E-state index < -0.39 is 5.97 Å². The molecule has 0 aromatic carbocycles. The molecule has 0 aliphatic carbocycles. The first kappa shape index (κ1) is 10.9. The van der Waals surface area contributed by atoms with Crippen molar-refractivity contribution < 1.29 is 14.7 Å². The molecule has 0 saturated carbocycles. The van der Waals surface area contributed by atoms with Gasteiger partial charge in [-0.3, -0.25) is 0 Å². The number of aromatic nitrogens is 1. The van der Waals surface area contributed by atoms with Gasteiger partial charge in [0.15, 0.2) is 5.69 Å². The molecular weight excluding hydrogens is 194 g/mol. The molecule has 0 fully saturated rings. The van der Waals surface area contributed by atoms with Gasteiger partial charge in [-0.05, 0) is 18.6 Å². The molecule has 0 bridgehead atoms. The number of hydrogen-bond donors (Lipinski definition) is 1. The smallest absolute Gasteiger partial charge is 0.355 e. The van der Waals surface area contributed by atoms with Gasteiger partial charge >= 0.3 is 5.97 Å². The Labute approximate surface area is 87.0 Å². The van der Waals surface area contributed by atoms with Crippen LogP contribution in [0, 0.1) is 18.8 Å². The zero-order valence-corrected chi connectivity index (χ0v) is 8.15. The van der Waals surface area contributed by atoms with Gasteiger partial charge in [0, 0.05) is 6.20 Å². The molecule has 0 saturated heterocycles. The van der Waals surface area contributed by atoms with Crippen LogP contribution in [0.5, 0.6) is 0 Å². The minimum Gasteiger partial charge on any atom is -0.476 e. The second-order valence-electron chi connectivity index (χ2n) is 2.89. The van der Waals surface area contributed by atoms with E-state index in [1.807, 2.05) is 0 Å². The molecule has 1 rings (SSSR count). The summed E-state index contributed by atoms with van der Waals surface area (Å²) in [7, 11) is 0. The zero-order chi connectivity index (χ0) is 11.3. The molecule has 1 N–H and O–H groups in total. The normalized spacial score (nSPS) is 8.87. The van der Waals surface area contributed by atoms with Crippen LogP contribution in [0.4, 0.5) is 0 Å². The fourth-order valence-electron chi connectivity index (χ4n) is 1.02. The largest absolute Gasteiger partial charge is 0.476 e. The highest BCUT2D eigenvalue weighted by atomic mass is 16.4. The maximum absolute atomic E-state index is 10.8. The maximum atomic E-state index is 10.8. The Balaban J connectivity index is 3.14. The fourth-order valence-corrected chi connectivity index (χ4v) is 1.02. The molecule has 0 spiro atoms. The number of aromatic carboxylic acids is 1. The lowest BCUT2D eigenvalue weighted by Gasteiger charge is -1.98. The Morgan fingerprint density at radius 3 is 3.00 bits per heavy atom. The lowest BCUT2D eigenvalue weighted by atomic mass is 10.1. The summed E-state index contributed by atoms with van der Waals surface area (Å²) in [5, 5.41) is 8.81. The second-order valence-corrected chi connectivity index (χ2v) is 2.89. The number of pyridine rings is 1. The molecule has 0 radical (unpaired) electrons. The fraction of sp³-hybridized carbons (Fsp3) is 0.182. The van der Waals surface area contributed by atoms with E-state index in [-0.39, 0.29) is 12.1 Å². The molecular formula is C11H9NO3. The highest BCUT2D eigenvalue weighted by Crippen LogP contribution is 2.07. The van der Waals surface area contributed by atoms with Crippen LogP contribution in [-0.2, 0) is 4.79 Å². The molecule has 1 aromatic heterocycles. The van der Waals surface area contributed by atoms with Crippen LogP contribution in [0.3, 0.4) is 0 Å². The maximum Gasteiger partial charge on any atom is 0.355 e. The van der Waals surface area contributed by atoms with E-state index in [1.54, 1.807) is 13.0 Å². The Bertz CT molecular complexity index is 455. The number of aldehydes is 1. The van der Waals surface area contributed by atoms with Crippen molar-refractivity contribution in [3.8, 4) is 11.8 Å². The van der Waals surface area contributed by atoms with Crippen molar-refractivity contribution in [2.24, 2.45) is 0 Å². The van der Waals surface area contributed by atoms with Crippen molar-refractivity contribution in [1.82, 2.24) is 4.98 Å². The third kappa shape index (κ3) is 2.92. The van der Waals surface area contributed by atoms with Crippen molar-refractivity contribution in [1.29, 1.82) is 0 Å². The van der Waals surface area contributed by atoms with E-state index in [4.69, 9.17) is 5.11 Å². The highest BCUT2D eigenvalue weighted by Gasteiger charge is 2.09. The summed E-state index contributed by atoms with van der Waals surface area (Å²) in [6.07, 6.45) is 2.22. The quantitative estimate of drug-likeness (QED) is 0.575. The molecule has 0 amide bonds. The highest BCUT2D eigenvalue weighted by molar-refractivity contribution is 5.88. The standard InChI is InChI=1S/C11H9NO3/c1-8-6-9(4-2-3-5-13)10(11(14)15)12-7-8/h5-7H,3H2,1H3,(H,14,15). The van der Waals surface area contributed by atoms with Gasteiger partial charge in [0.2, 0.25) is 0 Å². The number of carbonyl (C=O) groups excluding carboxylic acids is 1. The van der Waals surface area contributed by atoms with Crippen molar-refractivity contribution in [2.45, 2.75) is 13.3 Å². The number of carbonyl (C=O) groups is 2. The summed E-state index contributed by atoms with van der Waals surface area (Å²) in [6.45, 7) is 1.80. The van der Waals surface area contributed by atoms with E-state index in [1.165, 1.54) is 6.20 Å². The third-order valence-corrected chi connectivity index (χ3v) is 1.64. The number of rotatable bonds is 2. The molecule has 4 heteroatoms. The average Bonchev–Trinajstić information content (AvgIpc) is 2.18. The van der Waals surface area contributed by atoms with Crippen LogP contribution >= 0.6 is 0 Å². The molecule has 1 heterocycles. The van der Waals surface area contributed by atoms with Gasteiger partial charge < -0.3 is 9.90 Å². The molecule has 1 aromatic rings. The summed E-state index contributed by atoms with van der Waals surface area (Å²) in [4.78, 5) is 24.6. The Kier molecular flexibility index (Phi) is 3.58. The predicted molar refractivity (Wildman–Crippen MR) is 53.5 cm³/mol. The van der Waals surface area contributed by atoms with Crippen LogP contribution in [0.2, 0.25) is 0 Å². The van der Waals surface area contributed by atoms with Gasteiger partial charge in [0.1, 0.15) is 6.29 Å². The van der Waals surface area contributed by atoms with Gasteiger partial charge in [-0.2, -0.15) is 0 Å². The SMILES string of the molecule is Cc1cnc(C(=O)O)c(C#CCC=O)c1. The van der Waals surface area contributed by atoms with E-state index in [0.717, 1.165) is 5.56 Å². The number of hydrogen-bond acceptors (Lipinski definition) is 3. The third-order valence-electron chi connectivity index (χ3n) is 1.64. The van der Waals surface area contributed by atoms with E-state index >= 15 is 0 Å². The first-order chi connectivity index (χ1) is 7.15. The summed E-state index contributed by atoms with van der Waals surface area (Å²) in [5.41, 5.74) is 1.08. The van der Waals surface area contributed by atoms with Crippen molar-refractivity contribution in [3.05, 3.63) is 29.1 Å². The Hall–Kier alpha value is -2.15. The van der Waals surface area contributed by atoms with E-state index in [2.05, 4.69) is 16.8 Å². The van der Waals surface area contributed by atoms with E-state index in [9.17, 15) is 9.59 Å². The van der Waals surface area contributed by atoms with Crippen molar-refractivity contribution >= 4 is 12.3 Å². The molecule has 15 heavy (non-hydrogen) atoms. The van der Waals surface area contributed by atoms with Crippen LogP contribution < -0.4 is 0 Å². The Morgan fingerprint density at radius 1 is 1.67 bits per heavy atom. The zero-order valence-electron chi connectivity index (χ0n) is 8.15. The van der Waals surface area contributed by atoms with Gasteiger partial charge in [0.25, 0.3) is 0 Å². The van der Waals surface area contributed by atoms with Crippen LogP contribution in [-0.4, -0.2) is 22.3 Å². The lowest BCUT2D eigenvalue weighted by Crippen LogP contribution is -2.03. The van der Waals surface area contributed by atoms with Crippen molar-refractivity contribution in [3.63, 3.8) is 0 Å². The monoisotopic (exact) mass is 203 g/mol. The van der Waals surface area contributed by atoms with Crippen LogP contribution in [0.1, 0.15) is 28.0 Å². The van der Waals surface area contributed by atoms with Crippen LogP contribution in [0.15, 0.2) is 12.3 Å². The van der Waals surface area contributed by atoms with Crippen molar-refractivity contribution in [2.75, 3.05) is 0 Å². The number of aryl methyl sites for hydroxylation is 1. The van der Waals surface area contributed by atoms with Crippen LogP contribution in [0.25, 0.3) is 0 Å². The average molecular weight is 203 g/mol. The second kappa shape index (κ2) is 4.91. The van der Waals surface area contributed by atoms with Gasteiger partial charge in [-0.25, -0.2) is 9.78 Å². The molecule has 0 unspecified atom stereocenters. The number of carboxylic acids is 1. The molecule has 76 valence electrons. The van der Waals surface area contributed by atoms with Gasteiger partial charge in [0.05, 0.1) is 12.0 Å². The first-order valence-corrected chi connectivity index (χ1v) is 4.27. The summed E-state index contributed by atoms with van der Waals surface area (Å²) >= 11 is 0. The molecule has 0 aliphatic rings. The number of nitrogens with zero attached hydrogens (tertiary/aromatic N) is 1. The molecule has 0 aliphatic heterocycles. The molecule has 4 nitrogen and oxygen atoms in total. The number of carboxylic acid groups (broad SMARTS) is 1. The predicted octanol–water partition coefficient (Wildman–Crippen LogP) is 1.03. The van der Waals surface area contributed by atoms with E-state index in [0.29, 0.717) is 11.8 Å². The Morgan fingerprint density at radius 2 is 2.40 bits per heavy atom. The lowest BCUT2D eigenvalue weighted by molar-refractivity contribution is -0.107. The minimum atomic E-state index is -1.12. The summed E-state index contributed by atoms with van der Waals surface area (Å²) in [5.74, 6) is 4.04. The summed E-state index contributed by atoms with van der Waals surface area (Å²) in [6, 6.07) is 1.63. The topological polar surface area (TPSA) is 67.3 Å². The molecule has 0 atom stereocenters. The minimum absolute atomic E-state index is 0.0843. The first-order valence-electron chi connectivity index (χ1n) is 4.27. The van der Waals surface area contributed by atoms with Gasteiger partial charge in [-0.15, -0.1) is 0 Å². The summed E-state index contributed by atoms with van der Waals surface area (Å²) < 4.78 is 0.